The maximum atomic E-state index is 5.60. The standard InChI is InChI=1S/C17H22N4O2/c1-5-14(15-6-3-9-23-15)21(7-1)17-10-16(18-12-19-17)20-13-4-2-8-22-11-13/h3,6,9-10,12-14H,1-2,4-5,7-8,11H2,(H,18,19,20)/t13-,14+/m0/s1. The first-order chi connectivity index (χ1) is 11.4. The zero-order chi connectivity index (χ0) is 15.5. The number of nitrogens with one attached hydrogen (secondary N) is 1. The normalized spacial score (nSPS) is 24.8. The van der Waals surface area contributed by atoms with Crippen LogP contribution in [0.5, 0.6) is 0 Å². The maximum Gasteiger partial charge on any atom is 0.134 e. The van der Waals surface area contributed by atoms with Crippen LogP contribution in [0.25, 0.3) is 0 Å². The van der Waals surface area contributed by atoms with E-state index in [9.17, 15) is 0 Å². The topological polar surface area (TPSA) is 63.4 Å². The lowest BCUT2D eigenvalue weighted by Crippen LogP contribution is -2.30. The summed E-state index contributed by atoms with van der Waals surface area (Å²) >= 11 is 0. The van der Waals surface area contributed by atoms with Crippen molar-refractivity contribution in [2.24, 2.45) is 0 Å². The molecule has 122 valence electrons. The lowest BCUT2D eigenvalue weighted by molar-refractivity contribution is 0.0875. The fraction of sp³-hybridized carbons (Fsp3) is 0.529. The predicted octanol–water partition coefficient (Wildman–Crippen LogP) is 3.00. The third-order valence-electron chi connectivity index (χ3n) is 4.58. The van der Waals surface area contributed by atoms with E-state index >= 15 is 0 Å². The third kappa shape index (κ3) is 3.17. The van der Waals surface area contributed by atoms with Gasteiger partial charge in [-0.25, -0.2) is 9.97 Å². The SMILES string of the molecule is c1coc([C@H]2CCCN2c2cc(N[C@H]3CCCOC3)ncn2)c1. The van der Waals surface area contributed by atoms with E-state index in [1.54, 1.807) is 12.6 Å². The fourth-order valence-corrected chi connectivity index (χ4v) is 3.46. The Labute approximate surface area is 135 Å². The number of rotatable bonds is 4. The molecule has 6 nitrogen and oxygen atoms in total. The largest absolute Gasteiger partial charge is 0.467 e. The minimum atomic E-state index is 0.269. The summed E-state index contributed by atoms with van der Waals surface area (Å²) in [4.78, 5) is 11.1. The van der Waals surface area contributed by atoms with Crippen LogP contribution in [0.3, 0.4) is 0 Å². The maximum absolute atomic E-state index is 5.60. The van der Waals surface area contributed by atoms with Crippen LogP contribution in [0.2, 0.25) is 0 Å². The van der Waals surface area contributed by atoms with E-state index in [4.69, 9.17) is 9.15 Å². The second-order valence-electron chi connectivity index (χ2n) is 6.19. The number of furan rings is 1. The predicted molar refractivity (Wildman–Crippen MR) is 87.5 cm³/mol. The van der Waals surface area contributed by atoms with Gasteiger partial charge in [0.05, 0.1) is 25.0 Å². The Morgan fingerprint density at radius 3 is 3.04 bits per heavy atom. The molecule has 0 amide bonds. The Morgan fingerprint density at radius 1 is 1.22 bits per heavy atom. The molecule has 2 saturated heterocycles. The van der Waals surface area contributed by atoms with E-state index in [0.717, 1.165) is 62.8 Å². The molecule has 23 heavy (non-hydrogen) atoms. The average molecular weight is 314 g/mol. The molecular formula is C17H22N4O2. The minimum absolute atomic E-state index is 0.269. The van der Waals surface area contributed by atoms with Crippen LogP contribution in [-0.2, 0) is 4.74 Å². The van der Waals surface area contributed by atoms with Gasteiger partial charge in [-0.3, -0.25) is 0 Å². The zero-order valence-electron chi connectivity index (χ0n) is 13.1. The Kier molecular flexibility index (Phi) is 4.15. The van der Waals surface area contributed by atoms with Gasteiger partial charge in [0.1, 0.15) is 23.7 Å². The van der Waals surface area contributed by atoms with Crippen LogP contribution >= 0.6 is 0 Å². The summed E-state index contributed by atoms with van der Waals surface area (Å²) in [6.07, 6.45) is 7.84. The Balaban J connectivity index is 1.51. The smallest absolute Gasteiger partial charge is 0.134 e. The molecule has 0 radical (unpaired) electrons. The van der Waals surface area contributed by atoms with Gasteiger partial charge in [-0.05, 0) is 37.8 Å². The van der Waals surface area contributed by atoms with Crippen molar-refractivity contribution in [1.82, 2.24) is 9.97 Å². The molecule has 4 heterocycles. The first kappa shape index (κ1) is 14.5. The Bertz CT molecular complexity index is 625. The van der Waals surface area contributed by atoms with E-state index in [1.807, 2.05) is 18.2 Å². The van der Waals surface area contributed by atoms with E-state index in [0.29, 0.717) is 6.04 Å². The van der Waals surface area contributed by atoms with Crippen molar-refractivity contribution < 1.29 is 9.15 Å². The quantitative estimate of drug-likeness (QED) is 0.936. The summed E-state index contributed by atoms with van der Waals surface area (Å²) in [7, 11) is 0. The summed E-state index contributed by atoms with van der Waals surface area (Å²) in [5, 5.41) is 3.47. The van der Waals surface area contributed by atoms with E-state index in [-0.39, 0.29) is 6.04 Å². The second kappa shape index (κ2) is 6.58. The van der Waals surface area contributed by atoms with Crippen LogP contribution in [0.15, 0.2) is 35.2 Å². The van der Waals surface area contributed by atoms with E-state index in [2.05, 4.69) is 20.2 Å². The van der Waals surface area contributed by atoms with Crippen LogP contribution in [-0.4, -0.2) is 35.8 Å². The van der Waals surface area contributed by atoms with Crippen molar-refractivity contribution in [2.45, 2.75) is 37.8 Å². The molecule has 2 fully saturated rings. The van der Waals surface area contributed by atoms with Gasteiger partial charge in [-0.15, -0.1) is 0 Å². The highest BCUT2D eigenvalue weighted by Gasteiger charge is 2.29. The zero-order valence-corrected chi connectivity index (χ0v) is 13.1. The first-order valence-electron chi connectivity index (χ1n) is 8.36. The molecule has 0 bridgehead atoms. The molecule has 0 saturated carbocycles. The van der Waals surface area contributed by atoms with Gasteiger partial charge >= 0.3 is 0 Å². The number of hydrogen-bond donors (Lipinski definition) is 1. The number of ether oxygens (including phenoxy) is 1. The van der Waals surface area contributed by atoms with Crippen molar-refractivity contribution in [3.63, 3.8) is 0 Å². The lowest BCUT2D eigenvalue weighted by Gasteiger charge is -2.26. The molecule has 2 atom stereocenters. The van der Waals surface area contributed by atoms with Crippen LogP contribution in [0.4, 0.5) is 11.6 Å². The average Bonchev–Trinajstić information content (AvgIpc) is 3.27. The highest BCUT2D eigenvalue weighted by molar-refractivity contribution is 5.51. The van der Waals surface area contributed by atoms with E-state index < -0.39 is 0 Å². The van der Waals surface area contributed by atoms with Crippen molar-refractivity contribution in [3.8, 4) is 0 Å². The number of aromatic nitrogens is 2. The van der Waals surface area contributed by atoms with Crippen molar-refractivity contribution in [2.75, 3.05) is 30.0 Å². The third-order valence-corrected chi connectivity index (χ3v) is 4.58. The number of anilines is 2. The summed E-state index contributed by atoms with van der Waals surface area (Å²) in [5.41, 5.74) is 0. The van der Waals surface area contributed by atoms with Crippen molar-refractivity contribution in [3.05, 3.63) is 36.5 Å². The Hall–Kier alpha value is -2.08. The first-order valence-corrected chi connectivity index (χ1v) is 8.36. The molecule has 6 heteroatoms. The Morgan fingerprint density at radius 2 is 2.22 bits per heavy atom. The minimum Gasteiger partial charge on any atom is -0.467 e. The molecule has 0 spiro atoms. The molecule has 0 aliphatic carbocycles. The monoisotopic (exact) mass is 314 g/mol. The van der Waals surface area contributed by atoms with Gasteiger partial charge < -0.3 is 19.4 Å². The van der Waals surface area contributed by atoms with Gasteiger partial charge in [0.2, 0.25) is 0 Å². The van der Waals surface area contributed by atoms with Crippen LogP contribution in [0.1, 0.15) is 37.5 Å². The molecule has 1 N–H and O–H groups in total. The molecule has 2 aromatic heterocycles. The molecule has 2 aliphatic rings. The molecule has 0 unspecified atom stereocenters. The van der Waals surface area contributed by atoms with Gasteiger partial charge in [0, 0.05) is 19.2 Å². The molecule has 0 aromatic carbocycles. The van der Waals surface area contributed by atoms with Crippen molar-refractivity contribution in [1.29, 1.82) is 0 Å². The lowest BCUT2D eigenvalue weighted by atomic mass is 10.1. The molecule has 4 rings (SSSR count). The highest BCUT2D eigenvalue weighted by atomic mass is 16.5. The second-order valence-corrected chi connectivity index (χ2v) is 6.19. The summed E-state index contributed by atoms with van der Waals surface area (Å²) < 4.78 is 11.1. The van der Waals surface area contributed by atoms with Crippen LogP contribution < -0.4 is 10.2 Å². The van der Waals surface area contributed by atoms with Crippen molar-refractivity contribution >= 4 is 11.6 Å². The summed E-state index contributed by atoms with van der Waals surface area (Å²) in [6, 6.07) is 6.64. The van der Waals surface area contributed by atoms with Gasteiger partial charge in [-0.2, -0.15) is 0 Å². The molecule has 2 aliphatic heterocycles. The summed E-state index contributed by atoms with van der Waals surface area (Å²) in [6.45, 7) is 2.61. The fourth-order valence-electron chi connectivity index (χ4n) is 3.46. The highest BCUT2D eigenvalue weighted by Crippen LogP contribution is 2.35. The van der Waals surface area contributed by atoms with Gasteiger partial charge in [0.25, 0.3) is 0 Å². The number of hydrogen-bond acceptors (Lipinski definition) is 6. The molecule has 2 aromatic rings. The number of nitrogens with zero attached hydrogens (tertiary/aromatic N) is 3. The van der Waals surface area contributed by atoms with E-state index in [1.165, 1.54) is 0 Å². The van der Waals surface area contributed by atoms with Gasteiger partial charge in [-0.1, -0.05) is 0 Å². The summed E-state index contributed by atoms with van der Waals surface area (Å²) in [5.74, 6) is 2.84. The van der Waals surface area contributed by atoms with Gasteiger partial charge in [0.15, 0.2) is 0 Å². The molecular weight excluding hydrogens is 292 g/mol. The van der Waals surface area contributed by atoms with Crippen LogP contribution in [0, 0.1) is 0 Å².